The summed E-state index contributed by atoms with van der Waals surface area (Å²) in [5.41, 5.74) is -0.00953. The number of amides is 1. The minimum Gasteiger partial charge on any atom is -0.394 e. The van der Waals surface area contributed by atoms with Crippen molar-refractivity contribution >= 4 is 5.91 Å². The Morgan fingerprint density at radius 1 is 1.26 bits per heavy atom. The van der Waals surface area contributed by atoms with E-state index in [-0.39, 0.29) is 0 Å². The van der Waals surface area contributed by atoms with Crippen LogP contribution in [0.25, 0.3) is 0 Å². The van der Waals surface area contributed by atoms with E-state index in [1.54, 1.807) is 13.0 Å². The first-order chi connectivity index (χ1) is 9.01. The Balaban J connectivity index is 3.03. The molecule has 0 aliphatic carbocycles. The quantitative estimate of drug-likeness (QED) is 0.515. The molecule has 0 bridgehead atoms. The first-order valence-corrected chi connectivity index (χ1v) is 6.00. The molecular weight excluding hydrogens is 250 g/mol. The maximum absolute atomic E-state index is 12.2. The molecule has 7 nitrogen and oxygen atoms in total. The number of hydrogen-bond donors (Lipinski definition) is 4. The van der Waals surface area contributed by atoms with Crippen LogP contribution in [-0.4, -0.2) is 56.8 Å². The van der Waals surface area contributed by atoms with Gasteiger partial charge in [-0.05, 0) is 19.4 Å². The summed E-state index contributed by atoms with van der Waals surface area (Å²) in [7, 11) is 0. The molecule has 1 amide bonds. The van der Waals surface area contributed by atoms with Crippen molar-refractivity contribution in [2.24, 2.45) is 0 Å². The van der Waals surface area contributed by atoms with Gasteiger partial charge < -0.3 is 20.6 Å². The topological polar surface area (TPSA) is 116 Å². The number of aryl methyl sites for hydroxylation is 2. The van der Waals surface area contributed by atoms with Crippen molar-refractivity contribution in [3.63, 3.8) is 0 Å². The van der Waals surface area contributed by atoms with Gasteiger partial charge in [-0.15, -0.1) is 0 Å². The Labute approximate surface area is 111 Å². The lowest BCUT2D eigenvalue weighted by Gasteiger charge is -2.28. The summed E-state index contributed by atoms with van der Waals surface area (Å²) < 4.78 is 0. The zero-order valence-electron chi connectivity index (χ0n) is 11.1. The van der Waals surface area contributed by atoms with Crippen LogP contribution in [0.2, 0.25) is 0 Å². The van der Waals surface area contributed by atoms with Gasteiger partial charge in [0.1, 0.15) is 5.54 Å². The van der Waals surface area contributed by atoms with Gasteiger partial charge in [-0.25, -0.2) is 0 Å². The Morgan fingerprint density at radius 2 is 1.84 bits per heavy atom. The van der Waals surface area contributed by atoms with E-state index in [1.165, 1.54) is 0 Å². The lowest BCUT2D eigenvalue weighted by atomic mass is 10.0. The zero-order chi connectivity index (χ0) is 14.5. The number of rotatable bonds is 6. The van der Waals surface area contributed by atoms with Crippen molar-refractivity contribution < 1.29 is 20.1 Å². The summed E-state index contributed by atoms with van der Waals surface area (Å²) >= 11 is 0. The Bertz CT molecular complexity index is 438. The fourth-order valence-corrected chi connectivity index (χ4v) is 1.55. The Hall–Kier alpha value is -1.57. The fraction of sp³-hybridized carbons (Fsp3) is 0.583. The van der Waals surface area contributed by atoms with Gasteiger partial charge in [0.25, 0.3) is 5.91 Å². The van der Waals surface area contributed by atoms with Gasteiger partial charge in [-0.1, -0.05) is 6.92 Å². The largest absolute Gasteiger partial charge is 0.394 e. The first kappa shape index (κ1) is 15.5. The minimum absolute atomic E-state index is 0.328. The van der Waals surface area contributed by atoms with Crippen molar-refractivity contribution in [1.82, 2.24) is 15.5 Å². The van der Waals surface area contributed by atoms with Gasteiger partial charge in [-0.3, -0.25) is 4.79 Å². The number of hydrogen-bond acceptors (Lipinski definition) is 6. The molecule has 19 heavy (non-hydrogen) atoms. The second kappa shape index (κ2) is 6.55. The maximum Gasteiger partial charge on any atom is 0.253 e. The first-order valence-electron chi connectivity index (χ1n) is 6.00. The molecule has 0 atom stereocenters. The molecule has 1 aromatic rings. The standard InChI is InChI=1S/C12H19N3O4/c1-3-10-9(4-8(2)14-15-10)11(19)13-12(5-16,6-17)7-18/h4,16-18H,3,5-7H2,1-2H3,(H,13,19). The van der Waals surface area contributed by atoms with Crippen molar-refractivity contribution in [3.05, 3.63) is 23.0 Å². The summed E-state index contributed by atoms with van der Waals surface area (Å²) in [6.45, 7) is 1.86. The number of aromatic nitrogens is 2. The Morgan fingerprint density at radius 3 is 2.32 bits per heavy atom. The lowest BCUT2D eigenvalue weighted by Crippen LogP contribution is -2.57. The number of aliphatic hydroxyl groups excluding tert-OH is 3. The van der Waals surface area contributed by atoms with E-state index in [4.69, 9.17) is 0 Å². The number of nitrogens with one attached hydrogen (secondary N) is 1. The molecule has 0 fully saturated rings. The van der Waals surface area contributed by atoms with E-state index in [9.17, 15) is 20.1 Å². The predicted molar refractivity (Wildman–Crippen MR) is 67.6 cm³/mol. The van der Waals surface area contributed by atoms with Crippen LogP contribution < -0.4 is 5.32 Å². The predicted octanol–water partition coefficient (Wildman–Crippen LogP) is -1.21. The van der Waals surface area contributed by atoms with Crippen LogP contribution in [0.15, 0.2) is 6.07 Å². The van der Waals surface area contributed by atoms with Gasteiger partial charge in [0.2, 0.25) is 0 Å². The van der Waals surface area contributed by atoms with Gasteiger partial charge in [-0.2, -0.15) is 10.2 Å². The van der Waals surface area contributed by atoms with Crippen LogP contribution in [0.5, 0.6) is 0 Å². The summed E-state index contributed by atoms with van der Waals surface area (Å²) in [5.74, 6) is -0.507. The summed E-state index contributed by atoms with van der Waals surface area (Å²) in [4.78, 5) is 12.2. The monoisotopic (exact) mass is 269 g/mol. The molecule has 0 spiro atoms. The number of nitrogens with zero attached hydrogens (tertiary/aromatic N) is 2. The van der Waals surface area contributed by atoms with Crippen LogP contribution >= 0.6 is 0 Å². The molecular formula is C12H19N3O4. The molecule has 0 saturated carbocycles. The van der Waals surface area contributed by atoms with Gasteiger partial charge in [0.05, 0.1) is 36.8 Å². The molecule has 1 aromatic heterocycles. The molecule has 0 aromatic carbocycles. The molecule has 4 N–H and O–H groups in total. The van der Waals surface area contributed by atoms with E-state index in [2.05, 4.69) is 15.5 Å². The Kier molecular flexibility index (Phi) is 5.34. The molecule has 0 saturated heterocycles. The van der Waals surface area contributed by atoms with E-state index in [0.717, 1.165) is 0 Å². The van der Waals surface area contributed by atoms with Crippen LogP contribution in [0.4, 0.5) is 0 Å². The third kappa shape index (κ3) is 3.46. The SMILES string of the molecule is CCc1nnc(C)cc1C(=O)NC(CO)(CO)CO. The van der Waals surface area contributed by atoms with Crippen LogP contribution in [0, 0.1) is 6.92 Å². The average Bonchev–Trinajstić information content (AvgIpc) is 2.44. The van der Waals surface area contributed by atoms with Crippen molar-refractivity contribution in [3.8, 4) is 0 Å². The highest BCUT2D eigenvalue weighted by molar-refractivity contribution is 5.95. The molecule has 1 rings (SSSR count). The summed E-state index contributed by atoms with van der Waals surface area (Å²) in [5, 5.41) is 37.8. The molecule has 7 heteroatoms. The van der Waals surface area contributed by atoms with Gasteiger partial charge in [0.15, 0.2) is 0 Å². The normalized spacial score (nSPS) is 11.4. The van der Waals surface area contributed by atoms with Crippen molar-refractivity contribution in [2.75, 3.05) is 19.8 Å². The highest BCUT2D eigenvalue weighted by Crippen LogP contribution is 2.10. The van der Waals surface area contributed by atoms with E-state index < -0.39 is 31.3 Å². The zero-order valence-corrected chi connectivity index (χ0v) is 11.1. The number of aliphatic hydroxyl groups is 3. The summed E-state index contributed by atoms with van der Waals surface area (Å²) in [6.07, 6.45) is 0.528. The van der Waals surface area contributed by atoms with Gasteiger partial charge in [0, 0.05) is 0 Å². The highest BCUT2D eigenvalue weighted by atomic mass is 16.3. The lowest BCUT2D eigenvalue weighted by molar-refractivity contribution is 0.0374. The minimum atomic E-state index is -1.45. The van der Waals surface area contributed by atoms with E-state index in [0.29, 0.717) is 23.4 Å². The highest BCUT2D eigenvalue weighted by Gasteiger charge is 2.31. The number of carbonyl (C=O) groups excluding carboxylic acids is 1. The average molecular weight is 269 g/mol. The third-order valence-corrected chi connectivity index (χ3v) is 2.86. The maximum atomic E-state index is 12.2. The molecule has 0 aliphatic rings. The smallest absolute Gasteiger partial charge is 0.253 e. The third-order valence-electron chi connectivity index (χ3n) is 2.86. The van der Waals surface area contributed by atoms with Crippen LogP contribution in [-0.2, 0) is 6.42 Å². The van der Waals surface area contributed by atoms with Crippen LogP contribution in [0.1, 0.15) is 28.7 Å². The number of carbonyl (C=O) groups is 1. The van der Waals surface area contributed by atoms with E-state index >= 15 is 0 Å². The van der Waals surface area contributed by atoms with Gasteiger partial charge >= 0.3 is 0 Å². The molecule has 106 valence electrons. The second-order valence-electron chi connectivity index (χ2n) is 4.41. The molecule has 0 aliphatic heterocycles. The summed E-state index contributed by atoms with van der Waals surface area (Å²) in [6, 6.07) is 1.58. The fourth-order valence-electron chi connectivity index (χ4n) is 1.55. The molecule has 1 heterocycles. The molecule has 0 unspecified atom stereocenters. The van der Waals surface area contributed by atoms with Crippen molar-refractivity contribution in [1.29, 1.82) is 0 Å². The van der Waals surface area contributed by atoms with Crippen molar-refractivity contribution in [2.45, 2.75) is 25.8 Å². The molecule has 0 radical (unpaired) electrons. The second-order valence-corrected chi connectivity index (χ2v) is 4.41. The van der Waals surface area contributed by atoms with E-state index in [1.807, 2.05) is 6.92 Å². The van der Waals surface area contributed by atoms with Crippen LogP contribution in [0.3, 0.4) is 0 Å².